The molecule has 8 nitrogen and oxygen atoms in total. The van der Waals surface area contributed by atoms with Crippen LogP contribution < -0.4 is 16.2 Å². The molecule has 2 saturated heterocycles. The summed E-state index contributed by atoms with van der Waals surface area (Å²) in [7, 11) is 3.65. The van der Waals surface area contributed by atoms with Crippen molar-refractivity contribution >= 4 is 11.7 Å². The Bertz CT molecular complexity index is 1230. The Hall–Kier alpha value is -2.89. The van der Waals surface area contributed by atoms with Crippen LogP contribution >= 0.6 is 0 Å². The number of nitrogens with zero attached hydrogens (tertiary/aromatic N) is 2. The molecule has 2 aromatic rings. The summed E-state index contributed by atoms with van der Waals surface area (Å²) in [5.74, 6) is -0.0824. The number of likely N-dealkylation sites (N-methyl/N-ethyl adjacent to an activating group) is 1. The smallest absolute Gasteiger partial charge is 0.381 e. The molecule has 0 radical (unpaired) electrons. The zero-order valence-corrected chi connectivity index (χ0v) is 22.8. The molecule has 2 N–H and O–H groups in total. The zero-order chi connectivity index (χ0) is 28.3. The number of anilines is 1. The second-order valence-corrected chi connectivity index (χ2v) is 10.4. The van der Waals surface area contributed by atoms with Crippen LogP contribution in [0, 0.1) is 6.92 Å². The number of methoxy groups -OCH3 is 1. The van der Waals surface area contributed by atoms with Gasteiger partial charge in [0, 0.05) is 39.0 Å². The van der Waals surface area contributed by atoms with E-state index < -0.39 is 23.7 Å². The maximum atomic E-state index is 13.7. The SMILES string of the molecule is CO[C@H]1CN(C)CC[C@@H]1Nc1c(C(=O)N[C@H](C)c2cccc(C(F)(F)F)c2C)ccc(=O)n1C1CCOCC1. The van der Waals surface area contributed by atoms with Gasteiger partial charge in [0.2, 0.25) is 0 Å². The minimum Gasteiger partial charge on any atom is -0.381 e. The number of ether oxygens (including phenoxy) is 2. The molecule has 11 heteroatoms. The van der Waals surface area contributed by atoms with E-state index >= 15 is 0 Å². The molecule has 1 aromatic heterocycles. The van der Waals surface area contributed by atoms with Crippen molar-refractivity contribution < 1.29 is 27.4 Å². The molecule has 0 spiro atoms. The second kappa shape index (κ2) is 12.1. The van der Waals surface area contributed by atoms with Gasteiger partial charge in [-0.1, -0.05) is 12.1 Å². The number of piperidine rings is 1. The first-order valence-corrected chi connectivity index (χ1v) is 13.3. The van der Waals surface area contributed by atoms with Crippen LogP contribution in [0.5, 0.6) is 0 Å². The first kappa shape index (κ1) is 29.1. The fourth-order valence-corrected chi connectivity index (χ4v) is 5.62. The van der Waals surface area contributed by atoms with E-state index in [0.29, 0.717) is 44.0 Å². The highest BCUT2D eigenvalue weighted by Gasteiger charge is 2.34. The van der Waals surface area contributed by atoms with Gasteiger partial charge in [-0.15, -0.1) is 0 Å². The van der Waals surface area contributed by atoms with Gasteiger partial charge in [-0.3, -0.25) is 14.2 Å². The number of nitrogens with one attached hydrogen (secondary N) is 2. The van der Waals surface area contributed by atoms with E-state index in [1.807, 2.05) is 7.05 Å². The molecular formula is C28H37F3N4O4. The lowest BCUT2D eigenvalue weighted by atomic mass is 9.97. The van der Waals surface area contributed by atoms with Crippen molar-refractivity contribution in [1.29, 1.82) is 0 Å². The number of amides is 1. The quantitative estimate of drug-likeness (QED) is 0.539. The number of carbonyl (C=O) groups is 1. The standard InChI is InChI=1S/C28H37F3N4O4/c1-17-20(6-5-7-22(17)28(29,30)31)18(2)32-27(37)21-8-9-25(36)35(19-11-14-39-15-12-19)26(21)33-23-10-13-34(3)16-24(23)38-4/h5-9,18-19,23-24,33H,10-16H2,1-4H3,(H,32,37)/t18-,23+,24+/m1/s1. The number of hydrogen-bond acceptors (Lipinski definition) is 6. The molecule has 1 amide bonds. The lowest BCUT2D eigenvalue weighted by molar-refractivity contribution is -0.138. The number of benzene rings is 1. The normalized spacial score (nSPS) is 21.9. The molecule has 39 heavy (non-hydrogen) atoms. The Kier molecular flexibility index (Phi) is 9.03. The summed E-state index contributed by atoms with van der Waals surface area (Å²) in [5, 5.41) is 6.34. The average molecular weight is 551 g/mol. The molecule has 0 aliphatic carbocycles. The summed E-state index contributed by atoms with van der Waals surface area (Å²) in [5.41, 5.74) is -0.266. The lowest BCUT2D eigenvalue weighted by Gasteiger charge is -2.38. The minimum absolute atomic E-state index is 0.0672. The van der Waals surface area contributed by atoms with Crippen molar-refractivity contribution in [2.45, 2.75) is 63.5 Å². The lowest BCUT2D eigenvalue weighted by Crippen LogP contribution is -2.50. The zero-order valence-electron chi connectivity index (χ0n) is 22.8. The topological polar surface area (TPSA) is 84.8 Å². The van der Waals surface area contributed by atoms with E-state index in [0.717, 1.165) is 19.0 Å². The Morgan fingerprint density at radius 2 is 1.87 bits per heavy atom. The number of carbonyl (C=O) groups excluding carboxylic acids is 1. The van der Waals surface area contributed by atoms with Crippen LogP contribution in [0.15, 0.2) is 35.1 Å². The number of alkyl halides is 3. The van der Waals surface area contributed by atoms with E-state index in [1.165, 1.54) is 25.1 Å². The molecule has 214 valence electrons. The van der Waals surface area contributed by atoms with Gasteiger partial charge in [0.25, 0.3) is 11.5 Å². The van der Waals surface area contributed by atoms with Gasteiger partial charge in [-0.2, -0.15) is 13.2 Å². The average Bonchev–Trinajstić information content (AvgIpc) is 2.89. The van der Waals surface area contributed by atoms with Gasteiger partial charge in [0.15, 0.2) is 0 Å². The molecule has 1 aromatic carbocycles. The Morgan fingerprint density at radius 3 is 2.54 bits per heavy atom. The van der Waals surface area contributed by atoms with Crippen LogP contribution in [0.2, 0.25) is 0 Å². The summed E-state index contributed by atoms with van der Waals surface area (Å²) in [6.07, 6.45) is -2.66. The van der Waals surface area contributed by atoms with Crippen molar-refractivity contribution in [1.82, 2.24) is 14.8 Å². The summed E-state index contributed by atoms with van der Waals surface area (Å²) >= 11 is 0. The fraction of sp³-hybridized carbons (Fsp3) is 0.571. The van der Waals surface area contributed by atoms with Crippen LogP contribution in [-0.2, 0) is 15.7 Å². The molecule has 2 aliphatic heterocycles. The third kappa shape index (κ3) is 6.47. The summed E-state index contributed by atoms with van der Waals surface area (Å²) in [4.78, 5) is 29.0. The van der Waals surface area contributed by atoms with Gasteiger partial charge in [-0.25, -0.2) is 0 Å². The maximum Gasteiger partial charge on any atom is 0.416 e. The molecule has 4 rings (SSSR count). The number of aromatic nitrogens is 1. The van der Waals surface area contributed by atoms with Crippen LogP contribution in [0.25, 0.3) is 0 Å². The molecule has 3 heterocycles. The number of rotatable bonds is 7. The predicted octanol–water partition coefficient (Wildman–Crippen LogP) is 4.15. The van der Waals surface area contributed by atoms with Crippen LogP contribution in [-0.4, -0.2) is 68.0 Å². The summed E-state index contributed by atoms with van der Waals surface area (Å²) in [6.45, 7) is 5.58. The third-order valence-electron chi connectivity index (χ3n) is 7.81. The first-order chi connectivity index (χ1) is 18.5. The molecule has 2 fully saturated rings. The highest BCUT2D eigenvalue weighted by Crippen LogP contribution is 2.35. The van der Waals surface area contributed by atoms with Crippen molar-refractivity contribution in [3.05, 3.63) is 62.9 Å². The van der Waals surface area contributed by atoms with Crippen molar-refractivity contribution in [3.63, 3.8) is 0 Å². The van der Waals surface area contributed by atoms with E-state index in [2.05, 4.69) is 15.5 Å². The predicted molar refractivity (Wildman–Crippen MR) is 142 cm³/mol. The van der Waals surface area contributed by atoms with E-state index in [9.17, 15) is 22.8 Å². The molecule has 0 saturated carbocycles. The number of halogens is 3. The van der Waals surface area contributed by atoms with Gasteiger partial charge < -0.3 is 25.0 Å². The van der Waals surface area contributed by atoms with Crippen molar-refractivity contribution in [2.75, 3.05) is 45.8 Å². The summed E-state index contributed by atoms with van der Waals surface area (Å²) in [6, 6.07) is 5.82. The molecule has 3 atom stereocenters. The van der Waals surface area contributed by atoms with Crippen LogP contribution in [0.4, 0.5) is 19.0 Å². The largest absolute Gasteiger partial charge is 0.416 e. The minimum atomic E-state index is -4.49. The second-order valence-electron chi connectivity index (χ2n) is 10.4. The van der Waals surface area contributed by atoms with Gasteiger partial charge in [0.1, 0.15) is 5.82 Å². The van der Waals surface area contributed by atoms with Crippen molar-refractivity contribution in [2.24, 2.45) is 0 Å². The third-order valence-corrected chi connectivity index (χ3v) is 7.81. The monoisotopic (exact) mass is 550 g/mol. The first-order valence-electron chi connectivity index (χ1n) is 13.3. The van der Waals surface area contributed by atoms with E-state index in [4.69, 9.17) is 9.47 Å². The highest BCUT2D eigenvalue weighted by atomic mass is 19.4. The fourth-order valence-electron chi connectivity index (χ4n) is 5.62. The van der Waals surface area contributed by atoms with Crippen molar-refractivity contribution in [3.8, 4) is 0 Å². The number of pyridine rings is 1. The molecular weight excluding hydrogens is 513 g/mol. The molecule has 2 aliphatic rings. The Balaban J connectivity index is 1.70. The van der Waals surface area contributed by atoms with Gasteiger partial charge >= 0.3 is 6.18 Å². The maximum absolute atomic E-state index is 13.7. The van der Waals surface area contributed by atoms with E-state index in [-0.39, 0.29) is 34.9 Å². The van der Waals surface area contributed by atoms with Gasteiger partial charge in [0.05, 0.1) is 29.3 Å². The van der Waals surface area contributed by atoms with Gasteiger partial charge in [-0.05, 0) is 70.0 Å². The Labute approximate surface area is 226 Å². The highest BCUT2D eigenvalue weighted by molar-refractivity contribution is 5.99. The van der Waals surface area contributed by atoms with Crippen LogP contribution in [0.3, 0.4) is 0 Å². The summed E-state index contributed by atoms with van der Waals surface area (Å²) < 4.78 is 53.3. The molecule has 0 bridgehead atoms. The van der Waals surface area contributed by atoms with Crippen LogP contribution in [0.1, 0.15) is 65.3 Å². The number of likely N-dealkylation sites (tertiary alicyclic amines) is 1. The van der Waals surface area contributed by atoms with E-state index in [1.54, 1.807) is 24.7 Å². The Morgan fingerprint density at radius 1 is 1.15 bits per heavy atom. The molecule has 0 unspecified atom stereocenters. The number of hydrogen-bond donors (Lipinski definition) is 2.